The molecule has 2 saturated carbocycles. The molecule has 0 aliphatic heterocycles. The molecule has 2 nitrogen and oxygen atoms in total. The number of aromatic hydroxyl groups is 1. The van der Waals surface area contributed by atoms with E-state index in [1.165, 1.54) is 11.1 Å². The van der Waals surface area contributed by atoms with E-state index in [2.05, 4.69) is 13.0 Å². The minimum Gasteiger partial charge on any atom is -0.508 e. The normalized spacial score (nSPS) is 47.1. The van der Waals surface area contributed by atoms with Crippen LogP contribution < -0.4 is 0 Å². The summed E-state index contributed by atoms with van der Waals surface area (Å²) in [4.78, 5) is 0. The number of rotatable bonds is 0. The molecule has 5 atom stereocenters. The first-order valence-electron chi connectivity index (χ1n) is 8.46. The lowest BCUT2D eigenvalue weighted by atomic mass is 9.55. The molecule has 20 heavy (non-hydrogen) atoms. The van der Waals surface area contributed by atoms with Crippen molar-refractivity contribution < 1.29 is 11.6 Å². The number of hydrogen-bond acceptors (Lipinski definition) is 2. The minimum absolute atomic E-state index is 0.234. The zero-order valence-corrected chi connectivity index (χ0v) is 12.1. The van der Waals surface area contributed by atoms with E-state index in [1.54, 1.807) is 0 Å². The first-order valence-corrected chi connectivity index (χ1v) is 7.96. The van der Waals surface area contributed by atoms with Gasteiger partial charge in [0.15, 0.2) is 0 Å². The van der Waals surface area contributed by atoms with Crippen LogP contribution in [0.25, 0.3) is 0 Å². The van der Waals surface area contributed by atoms with E-state index >= 15 is 0 Å². The molecule has 1 aromatic rings. The van der Waals surface area contributed by atoms with E-state index in [4.69, 9.17) is 1.37 Å². The zero-order valence-electron chi connectivity index (χ0n) is 13.1. The van der Waals surface area contributed by atoms with E-state index in [9.17, 15) is 10.2 Å². The maximum Gasteiger partial charge on any atom is 0.115 e. The quantitative estimate of drug-likeness (QED) is 0.758. The summed E-state index contributed by atoms with van der Waals surface area (Å²) in [6.45, 7) is 2.14. The predicted octanol–water partition coefficient (Wildman–Crippen LogP) is 3.61. The Morgan fingerprint density at radius 1 is 1.25 bits per heavy atom. The highest BCUT2D eigenvalue weighted by molar-refractivity contribution is 5.40. The Morgan fingerprint density at radius 3 is 2.95 bits per heavy atom. The first-order chi connectivity index (χ1) is 9.92. The molecule has 0 saturated heterocycles. The van der Waals surface area contributed by atoms with E-state index in [-0.39, 0.29) is 5.41 Å². The molecule has 0 radical (unpaired) electrons. The summed E-state index contributed by atoms with van der Waals surface area (Å²) in [5.74, 6) is 2.00. The molecular weight excluding hydrogens is 248 g/mol. The van der Waals surface area contributed by atoms with E-state index in [0.29, 0.717) is 29.9 Å². The second kappa shape index (κ2) is 4.24. The fourth-order valence-electron chi connectivity index (χ4n) is 5.36. The fourth-order valence-corrected chi connectivity index (χ4v) is 5.36. The summed E-state index contributed by atoms with van der Waals surface area (Å²) in [5, 5.41) is 20.2. The van der Waals surface area contributed by atoms with Gasteiger partial charge in [0.2, 0.25) is 0 Å². The van der Waals surface area contributed by atoms with E-state index < -0.39 is 6.08 Å². The molecule has 0 spiro atoms. The Labute approximate surface area is 122 Å². The van der Waals surface area contributed by atoms with Crippen LogP contribution in [0, 0.1) is 17.3 Å². The van der Waals surface area contributed by atoms with Gasteiger partial charge in [0.25, 0.3) is 0 Å². The van der Waals surface area contributed by atoms with Crippen molar-refractivity contribution in [1.82, 2.24) is 0 Å². The van der Waals surface area contributed by atoms with Crippen molar-refractivity contribution in [3.05, 3.63) is 29.3 Å². The first kappa shape index (κ1) is 11.6. The van der Waals surface area contributed by atoms with Crippen molar-refractivity contribution in [2.45, 2.75) is 57.4 Å². The predicted molar refractivity (Wildman–Crippen MR) is 78.7 cm³/mol. The third-order valence-corrected chi connectivity index (χ3v) is 6.45. The standard InChI is InChI=1S/C18H24O2/c1-18-9-8-14-13-5-3-12(19)10-11(13)2-4-15(14)16(18)6-7-17(18)20/h3,5,10,14-17,19-20H,2,4,6-9H2,1H3/t14-,15-,16+,17+,18+/m1/s1/i17D. The van der Waals surface area contributed by atoms with Crippen molar-refractivity contribution in [2.24, 2.45) is 17.3 Å². The van der Waals surface area contributed by atoms with Crippen LogP contribution >= 0.6 is 0 Å². The Morgan fingerprint density at radius 2 is 2.10 bits per heavy atom. The number of aryl methyl sites for hydroxylation is 1. The zero-order chi connectivity index (χ0) is 14.8. The van der Waals surface area contributed by atoms with Crippen LogP contribution in [-0.4, -0.2) is 16.3 Å². The molecule has 3 aliphatic carbocycles. The van der Waals surface area contributed by atoms with Crippen LogP contribution in [0.15, 0.2) is 18.2 Å². The van der Waals surface area contributed by atoms with Gasteiger partial charge in [-0.2, -0.15) is 0 Å². The lowest BCUT2D eigenvalue weighted by Crippen LogP contribution is -2.43. The van der Waals surface area contributed by atoms with Crippen LogP contribution in [0.5, 0.6) is 5.75 Å². The average molecular weight is 273 g/mol. The monoisotopic (exact) mass is 273 g/mol. The highest BCUT2D eigenvalue weighted by Gasteiger charge is 2.54. The highest BCUT2D eigenvalue weighted by atomic mass is 16.3. The summed E-state index contributed by atoms with van der Waals surface area (Å²) in [5.41, 5.74) is 2.48. The molecule has 4 rings (SSSR count). The van der Waals surface area contributed by atoms with Gasteiger partial charge in [0.05, 0.1) is 7.45 Å². The van der Waals surface area contributed by atoms with Gasteiger partial charge < -0.3 is 10.2 Å². The van der Waals surface area contributed by atoms with Crippen LogP contribution in [-0.2, 0) is 6.42 Å². The van der Waals surface area contributed by atoms with Crippen molar-refractivity contribution in [2.75, 3.05) is 0 Å². The lowest BCUT2D eigenvalue weighted by molar-refractivity contribution is -0.0226. The second-order valence-electron chi connectivity index (χ2n) is 7.24. The SMILES string of the molecule is [2H][C@]1(O)CC[C@H]2[C@@H]3CCc4cc(O)ccc4[C@H]3CC[C@@]21C. The average Bonchev–Trinajstić information content (AvgIpc) is 2.69. The molecule has 0 heterocycles. The molecule has 0 unspecified atom stereocenters. The molecule has 0 aromatic heterocycles. The molecule has 3 aliphatic rings. The van der Waals surface area contributed by atoms with Gasteiger partial charge in [-0.15, -0.1) is 0 Å². The lowest BCUT2D eigenvalue weighted by Gasteiger charge is -2.50. The molecule has 108 valence electrons. The smallest absolute Gasteiger partial charge is 0.115 e. The van der Waals surface area contributed by atoms with Crippen molar-refractivity contribution in [1.29, 1.82) is 0 Å². The summed E-state index contributed by atoms with van der Waals surface area (Å²) < 4.78 is 8.31. The highest BCUT2D eigenvalue weighted by Crippen LogP contribution is 2.60. The third-order valence-electron chi connectivity index (χ3n) is 6.45. The summed E-state index contributed by atoms with van der Waals surface area (Å²) in [6.07, 6.45) is 4.55. The molecule has 1 aromatic carbocycles. The molecule has 0 bridgehead atoms. The largest absolute Gasteiger partial charge is 0.508 e. The molecule has 2 heteroatoms. The maximum atomic E-state index is 10.5. The number of aliphatic hydroxyl groups is 1. The molecule has 2 fully saturated rings. The number of phenols is 1. The van der Waals surface area contributed by atoms with Crippen molar-refractivity contribution >= 4 is 0 Å². The number of fused-ring (bicyclic) bond motifs is 5. The van der Waals surface area contributed by atoms with Gasteiger partial charge in [-0.25, -0.2) is 0 Å². The van der Waals surface area contributed by atoms with Crippen molar-refractivity contribution in [3.63, 3.8) is 0 Å². The van der Waals surface area contributed by atoms with Crippen LogP contribution in [0.2, 0.25) is 0 Å². The van der Waals surface area contributed by atoms with Crippen LogP contribution in [0.1, 0.15) is 57.4 Å². The third kappa shape index (κ3) is 1.60. The number of phenolic OH excluding ortho intramolecular Hbond substituents is 1. The summed E-state index contributed by atoms with van der Waals surface area (Å²) in [6, 6.07) is 5.84. The molecule has 2 N–H and O–H groups in total. The van der Waals surface area contributed by atoms with Gasteiger partial charge in [-0.3, -0.25) is 0 Å². The maximum absolute atomic E-state index is 10.5. The summed E-state index contributed by atoms with van der Waals surface area (Å²) >= 11 is 0. The number of benzene rings is 1. The topological polar surface area (TPSA) is 40.5 Å². The molecule has 0 amide bonds. The van der Waals surface area contributed by atoms with Crippen LogP contribution in [0.3, 0.4) is 0 Å². The fraction of sp³-hybridized carbons (Fsp3) is 0.667. The number of hydrogen-bond donors (Lipinski definition) is 2. The van der Waals surface area contributed by atoms with Crippen LogP contribution in [0.4, 0.5) is 0 Å². The van der Waals surface area contributed by atoms with Gasteiger partial charge in [0.1, 0.15) is 5.75 Å². The Kier molecular flexibility index (Phi) is 2.46. The van der Waals surface area contributed by atoms with Crippen molar-refractivity contribution in [3.8, 4) is 5.75 Å². The van der Waals surface area contributed by atoms with E-state index in [0.717, 1.165) is 32.1 Å². The second-order valence-corrected chi connectivity index (χ2v) is 7.24. The Hall–Kier alpha value is -1.02. The minimum atomic E-state index is -1.24. The van der Waals surface area contributed by atoms with Gasteiger partial charge in [0, 0.05) is 0 Å². The van der Waals surface area contributed by atoms with Gasteiger partial charge in [-0.05, 0) is 85.0 Å². The molecular formula is C18H24O2. The Balaban J connectivity index is 1.72. The van der Waals surface area contributed by atoms with Gasteiger partial charge in [-0.1, -0.05) is 13.0 Å². The summed E-state index contributed by atoms with van der Waals surface area (Å²) in [7, 11) is 0. The van der Waals surface area contributed by atoms with E-state index in [1.807, 2.05) is 12.1 Å². The Bertz CT molecular complexity index is 583. The van der Waals surface area contributed by atoms with Gasteiger partial charge >= 0.3 is 0 Å².